The van der Waals surface area contributed by atoms with E-state index in [1.165, 1.54) is 18.5 Å². The van der Waals surface area contributed by atoms with Crippen LogP contribution in [-0.2, 0) is 12.4 Å². The number of hydrogen-bond acceptors (Lipinski definition) is 4. The highest BCUT2D eigenvalue weighted by Gasteiger charge is 2.39. The number of aromatic nitrogens is 1. The van der Waals surface area contributed by atoms with Crippen molar-refractivity contribution in [2.75, 3.05) is 5.12 Å². The smallest absolute Gasteiger partial charge is 0.285 e. The summed E-state index contributed by atoms with van der Waals surface area (Å²) in [6.07, 6.45) is -6.06. The van der Waals surface area contributed by atoms with E-state index >= 15 is 0 Å². The van der Waals surface area contributed by atoms with E-state index in [0.29, 0.717) is 12.1 Å². The summed E-state index contributed by atoms with van der Waals surface area (Å²) in [5, 5.41) is 4.36. The molecular weight excluding hydrogens is 290 g/mol. The average molecular weight is 296 g/mol. The van der Waals surface area contributed by atoms with Gasteiger partial charge >= 0.3 is 12.4 Å². The zero-order chi connectivity index (χ0) is 15.0. The van der Waals surface area contributed by atoms with Crippen molar-refractivity contribution >= 4 is 11.9 Å². The van der Waals surface area contributed by atoms with Gasteiger partial charge in [0.2, 0.25) is 0 Å². The van der Waals surface area contributed by atoms with Crippen LogP contribution < -0.4 is 10.5 Å². The molecule has 4 nitrogen and oxygen atoms in total. The number of pyridine rings is 1. The Morgan fingerprint density at radius 3 is 1.90 bits per heavy atom. The number of hydrazine groups is 1. The van der Waals surface area contributed by atoms with Crippen LogP contribution in [0.3, 0.4) is 0 Å². The van der Waals surface area contributed by atoms with Crippen molar-refractivity contribution in [1.29, 1.82) is 0 Å². The number of alkyl halides is 6. The topological polar surface area (TPSA) is 40.5 Å². The van der Waals surface area contributed by atoms with Crippen LogP contribution in [-0.4, -0.2) is 11.2 Å². The molecule has 1 aromatic heterocycles. The molecule has 0 spiro atoms. The van der Waals surface area contributed by atoms with Crippen molar-refractivity contribution in [2.24, 2.45) is 5.10 Å². The highest BCUT2D eigenvalue weighted by Crippen LogP contribution is 2.35. The average Bonchev–Trinajstić information content (AvgIpc) is 2.37. The van der Waals surface area contributed by atoms with Gasteiger partial charge in [-0.15, -0.1) is 0 Å². The molecule has 0 radical (unpaired) electrons. The minimum atomic E-state index is -4.99. The summed E-state index contributed by atoms with van der Waals surface area (Å²) in [5.74, 6) is 0. The van der Waals surface area contributed by atoms with Gasteiger partial charge in [-0.2, -0.15) is 36.6 Å². The van der Waals surface area contributed by atoms with Crippen LogP contribution >= 0.6 is 0 Å². The lowest BCUT2D eigenvalue weighted by Crippen LogP contribution is -2.31. The summed E-state index contributed by atoms with van der Waals surface area (Å²) < 4.78 is 75.5. The summed E-state index contributed by atoms with van der Waals surface area (Å²) >= 11 is 0. The highest BCUT2D eigenvalue weighted by molar-refractivity contribution is 5.73. The third kappa shape index (κ3) is 3.00. The Balaban J connectivity index is 2.51. The van der Waals surface area contributed by atoms with Crippen molar-refractivity contribution in [2.45, 2.75) is 12.4 Å². The van der Waals surface area contributed by atoms with E-state index in [0.717, 1.165) is 5.12 Å². The van der Waals surface area contributed by atoms with E-state index in [-0.39, 0.29) is 0 Å². The number of anilines is 1. The standard InChI is InChI=1S/C10H6F6N4/c11-9(12,13)7-4-6(20-17-2-1-3-18-20)5-8(19-7)10(14,15)16/h1-5,17H. The Labute approximate surface area is 108 Å². The first-order chi connectivity index (χ1) is 9.18. The van der Waals surface area contributed by atoms with Gasteiger partial charge in [-0.25, -0.2) is 4.98 Å². The molecule has 1 N–H and O–H groups in total. The van der Waals surface area contributed by atoms with Gasteiger partial charge in [0.15, 0.2) is 0 Å². The van der Waals surface area contributed by atoms with Gasteiger partial charge in [-0.3, -0.25) is 5.43 Å². The second kappa shape index (κ2) is 4.69. The lowest BCUT2D eigenvalue weighted by molar-refractivity contribution is -0.150. The molecule has 0 fully saturated rings. The maximum absolute atomic E-state index is 12.6. The van der Waals surface area contributed by atoms with E-state index < -0.39 is 29.4 Å². The zero-order valence-corrected chi connectivity index (χ0v) is 9.50. The fraction of sp³-hybridized carbons (Fsp3) is 0.200. The van der Waals surface area contributed by atoms with Crippen molar-refractivity contribution in [3.8, 4) is 0 Å². The van der Waals surface area contributed by atoms with E-state index in [4.69, 9.17) is 0 Å². The van der Waals surface area contributed by atoms with E-state index in [1.54, 1.807) is 0 Å². The number of hydrogen-bond donors (Lipinski definition) is 1. The summed E-state index contributed by atoms with van der Waals surface area (Å²) in [4.78, 5) is 2.60. The van der Waals surface area contributed by atoms with Crippen molar-refractivity contribution < 1.29 is 26.3 Å². The van der Waals surface area contributed by atoms with Crippen LogP contribution in [0.2, 0.25) is 0 Å². The van der Waals surface area contributed by atoms with Gasteiger partial charge < -0.3 is 0 Å². The molecular formula is C10H6F6N4. The fourth-order valence-electron chi connectivity index (χ4n) is 1.37. The molecule has 0 saturated carbocycles. The minimum absolute atomic E-state index is 0.430. The third-order valence-corrected chi connectivity index (χ3v) is 2.20. The Hall–Kier alpha value is -2.26. The van der Waals surface area contributed by atoms with Crippen molar-refractivity contribution in [1.82, 2.24) is 10.4 Å². The van der Waals surface area contributed by atoms with Crippen LogP contribution in [0, 0.1) is 0 Å². The maximum atomic E-state index is 12.6. The monoisotopic (exact) mass is 296 g/mol. The number of halogens is 6. The minimum Gasteiger partial charge on any atom is -0.285 e. The van der Waals surface area contributed by atoms with Gasteiger partial charge in [0, 0.05) is 6.20 Å². The molecule has 0 aliphatic carbocycles. The molecule has 0 unspecified atom stereocenters. The molecule has 1 aliphatic heterocycles. The Morgan fingerprint density at radius 1 is 0.950 bits per heavy atom. The van der Waals surface area contributed by atoms with E-state index in [9.17, 15) is 26.3 Å². The molecule has 0 aromatic carbocycles. The lowest BCUT2D eigenvalue weighted by Gasteiger charge is -2.22. The van der Waals surface area contributed by atoms with Crippen molar-refractivity contribution in [3.05, 3.63) is 35.8 Å². The molecule has 1 aromatic rings. The predicted octanol–water partition coefficient (Wildman–Crippen LogP) is 2.94. The van der Waals surface area contributed by atoms with E-state index in [1.807, 2.05) is 0 Å². The van der Waals surface area contributed by atoms with Gasteiger partial charge in [0.05, 0.1) is 11.9 Å². The fourth-order valence-corrected chi connectivity index (χ4v) is 1.37. The molecule has 0 amide bonds. The molecule has 2 heterocycles. The quantitative estimate of drug-likeness (QED) is 0.810. The zero-order valence-electron chi connectivity index (χ0n) is 9.50. The maximum Gasteiger partial charge on any atom is 0.433 e. The molecule has 0 saturated heterocycles. The second-order valence-electron chi connectivity index (χ2n) is 3.66. The highest BCUT2D eigenvalue weighted by atomic mass is 19.4. The first kappa shape index (κ1) is 14.2. The van der Waals surface area contributed by atoms with Gasteiger partial charge in [0.1, 0.15) is 11.4 Å². The summed E-state index contributed by atoms with van der Waals surface area (Å²) in [7, 11) is 0. The molecule has 1 aliphatic rings. The van der Waals surface area contributed by atoms with Gasteiger partial charge in [0.25, 0.3) is 0 Å². The summed E-state index contributed by atoms with van der Waals surface area (Å²) in [5.41, 5.74) is -1.33. The van der Waals surface area contributed by atoms with Gasteiger partial charge in [-0.05, 0) is 18.2 Å². The van der Waals surface area contributed by atoms with Gasteiger partial charge in [-0.1, -0.05) is 0 Å². The van der Waals surface area contributed by atoms with Crippen LogP contribution in [0.15, 0.2) is 29.5 Å². The lowest BCUT2D eigenvalue weighted by atomic mass is 10.2. The second-order valence-corrected chi connectivity index (χ2v) is 3.66. The predicted molar refractivity (Wildman–Crippen MR) is 57.5 cm³/mol. The first-order valence-corrected chi connectivity index (χ1v) is 5.10. The largest absolute Gasteiger partial charge is 0.433 e. The number of nitrogens with zero attached hydrogens (tertiary/aromatic N) is 3. The molecule has 108 valence electrons. The van der Waals surface area contributed by atoms with Crippen LogP contribution in [0.5, 0.6) is 0 Å². The number of allylic oxidation sites excluding steroid dienone is 1. The van der Waals surface area contributed by atoms with Crippen LogP contribution in [0.1, 0.15) is 11.4 Å². The Bertz CT molecular complexity index is 528. The SMILES string of the molecule is FC(F)(F)c1cc(N2N=CC=CN2)cc(C(F)(F)F)n1. The molecule has 2 rings (SSSR count). The normalized spacial score (nSPS) is 15.4. The van der Waals surface area contributed by atoms with Crippen LogP contribution in [0.4, 0.5) is 32.0 Å². The summed E-state index contributed by atoms with van der Waals surface area (Å²) in [6, 6.07) is 0.942. The molecule has 20 heavy (non-hydrogen) atoms. The molecule has 0 atom stereocenters. The first-order valence-electron chi connectivity index (χ1n) is 5.10. The number of nitrogens with one attached hydrogen (secondary N) is 1. The Kier molecular flexibility index (Phi) is 3.32. The van der Waals surface area contributed by atoms with Crippen molar-refractivity contribution in [3.63, 3.8) is 0 Å². The molecule has 10 heteroatoms. The number of hydrazone groups is 1. The van der Waals surface area contributed by atoms with Crippen LogP contribution in [0.25, 0.3) is 0 Å². The molecule has 0 bridgehead atoms. The van der Waals surface area contributed by atoms with E-state index in [2.05, 4.69) is 15.5 Å². The third-order valence-electron chi connectivity index (χ3n) is 2.20. The Morgan fingerprint density at radius 2 is 1.50 bits per heavy atom. The summed E-state index contributed by atoms with van der Waals surface area (Å²) in [6.45, 7) is 0. The number of rotatable bonds is 1.